The van der Waals surface area contributed by atoms with Crippen LogP contribution in [0.2, 0.25) is 0 Å². The molecule has 1 fully saturated rings. The number of hydrogen-bond donors (Lipinski definition) is 2. The molecule has 1 aliphatic carbocycles. The first-order valence-electron chi connectivity index (χ1n) is 7.55. The van der Waals surface area contributed by atoms with Gasteiger partial charge in [0.1, 0.15) is 11.6 Å². The molecule has 2 N–H and O–H groups in total. The number of rotatable bonds is 5. The minimum atomic E-state index is -0.287. The molecule has 2 heterocycles. The minimum Gasteiger partial charge on any atom is -0.334 e. The van der Waals surface area contributed by atoms with E-state index in [9.17, 15) is 4.79 Å². The molecule has 0 bridgehead atoms. The second-order valence-electron chi connectivity index (χ2n) is 5.66. The number of carbonyl (C=O) groups is 1. The molecule has 0 radical (unpaired) electrons. The van der Waals surface area contributed by atoms with E-state index < -0.39 is 0 Å². The summed E-state index contributed by atoms with van der Waals surface area (Å²) in [5.74, 6) is 1.88. The number of anilines is 1. The van der Waals surface area contributed by atoms with Crippen LogP contribution in [-0.2, 0) is 13.1 Å². The standard InChI is InChI=1S/C15H20N6O/c1-11-16-6-5-14(19-11)20-15(22)17-7-13-8-18-21(10-13)9-12-3-2-4-12/h5-6,8,10,12H,2-4,7,9H2,1H3,(H2,16,17,19,20,22). The fraction of sp³-hybridized carbons (Fsp3) is 0.467. The average molecular weight is 300 g/mol. The monoisotopic (exact) mass is 300 g/mol. The Morgan fingerprint density at radius 1 is 1.45 bits per heavy atom. The number of urea groups is 1. The van der Waals surface area contributed by atoms with Gasteiger partial charge in [-0.2, -0.15) is 5.10 Å². The molecule has 116 valence electrons. The molecule has 2 aromatic rings. The van der Waals surface area contributed by atoms with Crippen LogP contribution in [0.5, 0.6) is 0 Å². The fourth-order valence-electron chi connectivity index (χ4n) is 2.41. The zero-order valence-corrected chi connectivity index (χ0v) is 12.6. The van der Waals surface area contributed by atoms with E-state index in [2.05, 4.69) is 25.7 Å². The summed E-state index contributed by atoms with van der Waals surface area (Å²) in [6.45, 7) is 3.20. The number of nitrogens with zero attached hydrogens (tertiary/aromatic N) is 4. The zero-order chi connectivity index (χ0) is 15.4. The van der Waals surface area contributed by atoms with Crippen LogP contribution < -0.4 is 10.6 Å². The highest BCUT2D eigenvalue weighted by Gasteiger charge is 2.18. The van der Waals surface area contributed by atoms with E-state index in [0.29, 0.717) is 18.2 Å². The second-order valence-corrected chi connectivity index (χ2v) is 5.66. The summed E-state index contributed by atoms with van der Waals surface area (Å²) >= 11 is 0. The van der Waals surface area contributed by atoms with Gasteiger partial charge in [0.05, 0.1) is 6.20 Å². The molecular formula is C15H20N6O. The van der Waals surface area contributed by atoms with Crippen LogP contribution in [0.3, 0.4) is 0 Å². The molecule has 0 saturated heterocycles. The van der Waals surface area contributed by atoms with E-state index in [0.717, 1.165) is 18.0 Å². The van der Waals surface area contributed by atoms with Gasteiger partial charge < -0.3 is 5.32 Å². The molecule has 1 aliphatic rings. The summed E-state index contributed by atoms with van der Waals surface area (Å²) in [7, 11) is 0. The van der Waals surface area contributed by atoms with Crippen molar-refractivity contribution in [2.75, 3.05) is 5.32 Å². The maximum absolute atomic E-state index is 11.8. The van der Waals surface area contributed by atoms with Crippen molar-refractivity contribution in [1.82, 2.24) is 25.1 Å². The van der Waals surface area contributed by atoms with Gasteiger partial charge >= 0.3 is 6.03 Å². The Kier molecular flexibility index (Phi) is 4.32. The van der Waals surface area contributed by atoms with Gasteiger partial charge in [0.25, 0.3) is 0 Å². The van der Waals surface area contributed by atoms with Crippen molar-refractivity contribution in [3.8, 4) is 0 Å². The first kappa shape index (κ1) is 14.5. The fourth-order valence-corrected chi connectivity index (χ4v) is 2.41. The molecule has 1 saturated carbocycles. The third-order valence-corrected chi connectivity index (χ3v) is 3.83. The Labute approximate surface area is 129 Å². The van der Waals surface area contributed by atoms with E-state index in [1.54, 1.807) is 25.4 Å². The van der Waals surface area contributed by atoms with Gasteiger partial charge in [-0.15, -0.1) is 0 Å². The minimum absolute atomic E-state index is 0.287. The Morgan fingerprint density at radius 3 is 3.05 bits per heavy atom. The lowest BCUT2D eigenvalue weighted by molar-refractivity contribution is 0.251. The summed E-state index contributed by atoms with van der Waals surface area (Å²) in [5.41, 5.74) is 0.994. The van der Waals surface area contributed by atoms with Crippen molar-refractivity contribution < 1.29 is 4.79 Å². The molecule has 7 heteroatoms. The molecule has 3 rings (SSSR count). The number of nitrogens with one attached hydrogen (secondary N) is 2. The molecule has 0 aromatic carbocycles. The topological polar surface area (TPSA) is 84.7 Å². The molecule has 0 unspecified atom stereocenters. The van der Waals surface area contributed by atoms with Crippen molar-refractivity contribution in [3.63, 3.8) is 0 Å². The molecule has 2 amide bonds. The average Bonchev–Trinajstić information content (AvgIpc) is 2.89. The predicted molar refractivity (Wildman–Crippen MR) is 82.2 cm³/mol. The third kappa shape index (κ3) is 3.81. The Morgan fingerprint density at radius 2 is 2.32 bits per heavy atom. The van der Waals surface area contributed by atoms with Crippen LogP contribution in [0.4, 0.5) is 10.6 Å². The smallest absolute Gasteiger partial charge is 0.320 e. The highest BCUT2D eigenvalue weighted by atomic mass is 16.2. The highest BCUT2D eigenvalue weighted by molar-refractivity contribution is 5.88. The van der Waals surface area contributed by atoms with Crippen molar-refractivity contribution in [2.45, 2.75) is 39.3 Å². The summed E-state index contributed by atoms with van der Waals surface area (Å²) in [6, 6.07) is 1.37. The molecule has 0 aliphatic heterocycles. The number of carbonyl (C=O) groups excluding carboxylic acids is 1. The lowest BCUT2D eigenvalue weighted by Gasteiger charge is -2.24. The lowest BCUT2D eigenvalue weighted by atomic mass is 9.85. The highest BCUT2D eigenvalue weighted by Crippen LogP contribution is 2.27. The Bertz CT molecular complexity index is 649. The van der Waals surface area contributed by atoms with Crippen LogP contribution >= 0.6 is 0 Å². The van der Waals surface area contributed by atoms with Crippen molar-refractivity contribution >= 4 is 11.8 Å². The number of aromatic nitrogens is 4. The zero-order valence-electron chi connectivity index (χ0n) is 12.6. The van der Waals surface area contributed by atoms with E-state index in [4.69, 9.17) is 0 Å². The van der Waals surface area contributed by atoms with Crippen LogP contribution in [-0.4, -0.2) is 25.8 Å². The summed E-state index contributed by atoms with van der Waals surface area (Å²) in [6.07, 6.45) is 9.34. The lowest BCUT2D eigenvalue weighted by Crippen LogP contribution is -2.28. The molecule has 7 nitrogen and oxygen atoms in total. The normalized spacial score (nSPS) is 14.4. The van der Waals surface area contributed by atoms with E-state index in [1.165, 1.54) is 19.3 Å². The van der Waals surface area contributed by atoms with Gasteiger partial charge in [0.2, 0.25) is 0 Å². The quantitative estimate of drug-likeness (QED) is 0.885. The second kappa shape index (κ2) is 6.55. The van der Waals surface area contributed by atoms with Crippen LogP contribution in [0.25, 0.3) is 0 Å². The third-order valence-electron chi connectivity index (χ3n) is 3.83. The predicted octanol–water partition coefficient (Wildman–Crippen LogP) is 2.10. The maximum Gasteiger partial charge on any atom is 0.320 e. The number of aryl methyl sites for hydroxylation is 1. The summed E-state index contributed by atoms with van der Waals surface area (Å²) in [5, 5.41) is 9.82. The van der Waals surface area contributed by atoms with Crippen LogP contribution in [0.15, 0.2) is 24.7 Å². The van der Waals surface area contributed by atoms with Gasteiger partial charge in [0, 0.05) is 31.0 Å². The van der Waals surface area contributed by atoms with Crippen LogP contribution in [0.1, 0.15) is 30.7 Å². The molecule has 2 aromatic heterocycles. The van der Waals surface area contributed by atoms with Crippen molar-refractivity contribution in [1.29, 1.82) is 0 Å². The Balaban J connectivity index is 1.46. The number of amides is 2. The summed E-state index contributed by atoms with van der Waals surface area (Å²) in [4.78, 5) is 19.9. The van der Waals surface area contributed by atoms with Gasteiger partial charge in [0.15, 0.2) is 0 Å². The van der Waals surface area contributed by atoms with E-state index >= 15 is 0 Å². The van der Waals surface area contributed by atoms with Crippen molar-refractivity contribution in [3.05, 3.63) is 36.0 Å². The summed E-state index contributed by atoms with van der Waals surface area (Å²) < 4.78 is 1.96. The Hall–Kier alpha value is -2.44. The first-order chi connectivity index (χ1) is 10.7. The van der Waals surface area contributed by atoms with Crippen molar-refractivity contribution in [2.24, 2.45) is 5.92 Å². The van der Waals surface area contributed by atoms with Gasteiger partial charge in [-0.25, -0.2) is 14.8 Å². The SMILES string of the molecule is Cc1nccc(NC(=O)NCc2cnn(CC3CCC3)c2)n1. The van der Waals surface area contributed by atoms with E-state index in [-0.39, 0.29) is 6.03 Å². The maximum atomic E-state index is 11.8. The molecular weight excluding hydrogens is 280 g/mol. The van der Waals surface area contributed by atoms with Gasteiger partial charge in [-0.1, -0.05) is 6.42 Å². The van der Waals surface area contributed by atoms with Gasteiger partial charge in [-0.3, -0.25) is 10.00 Å². The number of hydrogen-bond acceptors (Lipinski definition) is 4. The molecule has 0 spiro atoms. The molecule has 22 heavy (non-hydrogen) atoms. The first-order valence-corrected chi connectivity index (χ1v) is 7.55. The van der Waals surface area contributed by atoms with E-state index in [1.807, 2.05) is 10.9 Å². The van der Waals surface area contributed by atoms with Gasteiger partial charge in [-0.05, 0) is 31.7 Å². The largest absolute Gasteiger partial charge is 0.334 e. The molecule has 0 atom stereocenters. The van der Waals surface area contributed by atoms with Crippen LogP contribution in [0, 0.1) is 12.8 Å².